The van der Waals surface area contributed by atoms with Gasteiger partial charge in [-0.25, -0.2) is 9.37 Å². The zero-order chi connectivity index (χ0) is 18.8. The van der Waals surface area contributed by atoms with Crippen LogP contribution in [-0.4, -0.2) is 39.8 Å². The summed E-state index contributed by atoms with van der Waals surface area (Å²) in [7, 11) is 1.95. The largest absolute Gasteiger partial charge is 0.366 e. The fourth-order valence-electron chi connectivity index (χ4n) is 3.60. The SMILES string of the molecule is Cn1c(COC2CN(Cc3cccc(C#N)c3)CC2F)nc2ccccc21. The molecule has 0 radical (unpaired) electrons. The molecule has 1 saturated heterocycles. The molecule has 0 saturated carbocycles. The number of halogens is 1. The molecule has 2 aromatic carbocycles. The number of para-hydroxylation sites is 2. The molecule has 1 fully saturated rings. The van der Waals surface area contributed by atoms with E-state index in [0.717, 1.165) is 22.4 Å². The molecule has 1 aromatic heterocycles. The molecule has 1 aliphatic heterocycles. The number of hydrogen-bond donors (Lipinski definition) is 0. The van der Waals surface area contributed by atoms with Gasteiger partial charge in [-0.1, -0.05) is 24.3 Å². The normalized spacial score (nSPS) is 20.2. The van der Waals surface area contributed by atoms with Gasteiger partial charge in [-0.15, -0.1) is 0 Å². The number of likely N-dealkylation sites (tertiary alicyclic amines) is 1. The third-order valence-corrected chi connectivity index (χ3v) is 5.04. The molecule has 0 bridgehead atoms. The average molecular weight is 364 g/mol. The van der Waals surface area contributed by atoms with Gasteiger partial charge < -0.3 is 9.30 Å². The highest BCUT2D eigenvalue weighted by molar-refractivity contribution is 5.75. The summed E-state index contributed by atoms with van der Waals surface area (Å²) in [6.07, 6.45) is -1.50. The van der Waals surface area contributed by atoms with Gasteiger partial charge in [0.2, 0.25) is 0 Å². The van der Waals surface area contributed by atoms with Crippen molar-refractivity contribution in [3.8, 4) is 6.07 Å². The van der Waals surface area contributed by atoms with Gasteiger partial charge in [0, 0.05) is 26.7 Å². The third-order valence-electron chi connectivity index (χ3n) is 5.04. The number of aromatic nitrogens is 2. The maximum atomic E-state index is 14.4. The van der Waals surface area contributed by atoms with Crippen LogP contribution in [0.3, 0.4) is 0 Å². The number of nitrogens with zero attached hydrogens (tertiary/aromatic N) is 4. The number of alkyl halides is 1. The Labute approximate surface area is 157 Å². The maximum absolute atomic E-state index is 14.4. The van der Waals surface area contributed by atoms with Gasteiger partial charge in [0.05, 0.1) is 22.7 Å². The van der Waals surface area contributed by atoms with Crippen molar-refractivity contribution in [1.82, 2.24) is 14.5 Å². The molecule has 0 spiro atoms. The molecule has 2 heterocycles. The summed E-state index contributed by atoms with van der Waals surface area (Å²) < 4.78 is 22.3. The standard InChI is InChI=1S/C21H21FN4O/c1-25-19-8-3-2-7-18(19)24-21(25)14-27-20-13-26(12-17(20)22)11-16-6-4-5-15(9-16)10-23/h2-9,17,20H,11-14H2,1H3. The van der Waals surface area contributed by atoms with E-state index in [0.29, 0.717) is 25.2 Å². The highest BCUT2D eigenvalue weighted by Gasteiger charge is 2.33. The molecular formula is C21H21FN4O. The lowest BCUT2D eigenvalue weighted by molar-refractivity contribution is 0.00749. The number of fused-ring (bicyclic) bond motifs is 1. The van der Waals surface area contributed by atoms with Crippen molar-refractivity contribution < 1.29 is 9.13 Å². The van der Waals surface area contributed by atoms with Crippen LogP contribution in [0.25, 0.3) is 11.0 Å². The number of rotatable bonds is 5. The minimum Gasteiger partial charge on any atom is -0.366 e. The summed E-state index contributed by atoms with van der Waals surface area (Å²) in [5.41, 5.74) is 3.59. The first-order chi connectivity index (χ1) is 13.1. The zero-order valence-electron chi connectivity index (χ0n) is 15.2. The summed E-state index contributed by atoms with van der Waals surface area (Å²) >= 11 is 0. The third kappa shape index (κ3) is 3.70. The predicted octanol–water partition coefficient (Wildman–Crippen LogP) is 3.18. The Morgan fingerprint density at radius 2 is 2.07 bits per heavy atom. The lowest BCUT2D eigenvalue weighted by atomic mass is 10.1. The lowest BCUT2D eigenvalue weighted by Crippen LogP contribution is -2.25. The number of nitriles is 1. The minimum atomic E-state index is -1.03. The molecule has 138 valence electrons. The van der Waals surface area contributed by atoms with Gasteiger partial charge in [-0.2, -0.15) is 5.26 Å². The van der Waals surface area contributed by atoms with E-state index in [1.165, 1.54) is 0 Å². The molecule has 3 aromatic rings. The minimum absolute atomic E-state index is 0.286. The monoisotopic (exact) mass is 364 g/mol. The number of aryl methyl sites for hydroxylation is 1. The molecule has 6 heteroatoms. The number of benzene rings is 2. The van der Waals surface area contributed by atoms with E-state index in [1.54, 1.807) is 6.07 Å². The van der Waals surface area contributed by atoms with Crippen molar-refractivity contribution in [2.45, 2.75) is 25.4 Å². The highest BCUT2D eigenvalue weighted by Crippen LogP contribution is 2.22. The van der Waals surface area contributed by atoms with Gasteiger partial charge in [-0.05, 0) is 29.8 Å². The Kier molecular flexibility index (Phi) is 4.88. The topological polar surface area (TPSA) is 54.1 Å². The van der Waals surface area contributed by atoms with Crippen LogP contribution in [0.1, 0.15) is 17.0 Å². The van der Waals surface area contributed by atoms with Crippen LogP contribution in [0, 0.1) is 11.3 Å². The van der Waals surface area contributed by atoms with E-state index in [9.17, 15) is 4.39 Å². The van der Waals surface area contributed by atoms with Gasteiger partial charge >= 0.3 is 0 Å². The summed E-state index contributed by atoms with van der Waals surface area (Å²) in [5.74, 6) is 0.795. The van der Waals surface area contributed by atoms with Crippen molar-refractivity contribution >= 4 is 11.0 Å². The van der Waals surface area contributed by atoms with Gasteiger partial charge in [-0.3, -0.25) is 4.90 Å². The molecule has 1 aliphatic rings. The molecule has 4 rings (SSSR count). The van der Waals surface area contributed by atoms with Crippen molar-refractivity contribution in [3.05, 3.63) is 65.5 Å². The summed E-state index contributed by atoms with van der Waals surface area (Å²) in [4.78, 5) is 6.60. The lowest BCUT2D eigenvalue weighted by Gasteiger charge is -2.16. The zero-order valence-corrected chi connectivity index (χ0v) is 15.2. The second-order valence-electron chi connectivity index (χ2n) is 6.95. The Morgan fingerprint density at radius 1 is 1.22 bits per heavy atom. The quantitative estimate of drug-likeness (QED) is 0.698. The Bertz CT molecular complexity index is 993. The van der Waals surface area contributed by atoms with Crippen molar-refractivity contribution in [2.75, 3.05) is 13.1 Å². The fraction of sp³-hybridized carbons (Fsp3) is 0.333. The van der Waals surface area contributed by atoms with Crippen LogP contribution < -0.4 is 0 Å². The first kappa shape index (κ1) is 17.7. The highest BCUT2D eigenvalue weighted by atomic mass is 19.1. The second kappa shape index (κ2) is 7.47. The van der Waals surface area contributed by atoms with Crippen LogP contribution in [0.2, 0.25) is 0 Å². The van der Waals surface area contributed by atoms with E-state index < -0.39 is 12.3 Å². The molecule has 2 atom stereocenters. The van der Waals surface area contributed by atoms with E-state index in [-0.39, 0.29) is 6.61 Å². The van der Waals surface area contributed by atoms with Crippen molar-refractivity contribution in [2.24, 2.45) is 7.05 Å². The molecule has 5 nitrogen and oxygen atoms in total. The van der Waals surface area contributed by atoms with Crippen LogP contribution in [0.5, 0.6) is 0 Å². The molecule has 0 amide bonds. The number of hydrogen-bond acceptors (Lipinski definition) is 4. The molecule has 0 aliphatic carbocycles. The Hall–Kier alpha value is -2.75. The predicted molar refractivity (Wildman–Crippen MR) is 101 cm³/mol. The summed E-state index contributed by atoms with van der Waals surface area (Å²) in [5, 5.41) is 9.01. The van der Waals surface area contributed by atoms with Crippen LogP contribution in [0.15, 0.2) is 48.5 Å². The first-order valence-electron chi connectivity index (χ1n) is 9.01. The first-order valence-corrected chi connectivity index (χ1v) is 9.01. The van der Waals surface area contributed by atoms with E-state index in [1.807, 2.05) is 59.0 Å². The van der Waals surface area contributed by atoms with Gasteiger partial charge in [0.15, 0.2) is 0 Å². The smallest absolute Gasteiger partial charge is 0.140 e. The molecule has 27 heavy (non-hydrogen) atoms. The maximum Gasteiger partial charge on any atom is 0.140 e. The average Bonchev–Trinajstić information content (AvgIpc) is 3.19. The molecule has 2 unspecified atom stereocenters. The van der Waals surface area contributed by atoms with Crippen LogP contribution >= 0.6 is 0 Å². The van der Waals surface area contributed by atoms with E-state index in [2.05, 4.69) is 11.1 Å². The van der Waals surface area contributed by atoms with E-state index >= 15 is 0 Å². The number of ether oxygens (including phenoxy) is 1. The molecule has 0 N–H and O–H groups in total. The fourth-order valence-corrected chi connectivity index (χ4v) is 3.60. The van der Waals surface area contributed by atoms with E-state index in [4.69, 9.17) is 10.00 Å². The number of imidazole rings is 1. The van der Waals surface area contributed by atoms with Crippen molar-refractivity contribution in [3.63, 3.8) is 0 Å². The summed E-state index contributed by atoms with van der Waals surface area (Å²) in [6, 6.07) is 17.5. The van der Waals surface area contributed by atoms with Crippen LogP contribution in [0.4, 0.5) is 4.39 Å². The molecular weight excluding hydrogens is 343 g/mol. The van der Waals surface area contributed by atoms with Crippen molar-refractivity contribution in [1.29, 1.82) is 5.26 Å². The van der Waals surface area contributed by atoms with Gasteiger partial charge in [0.25, 0.3) is 0 Å². The van der Waals surface area contributed by atoms with Gasteiger partial charge in [0.1, 0.15) is 24.7 Å². The summed E-state index contributed by atoms with van der Waals surface area (Å²) in [6.45, 7) is 1.77. The second-order valence-corrected chi connectivity index (χ2v) is 6.95. The Morgan fingerprint density at radius 3 is 2.89 bits per heavy atom. The van der Waals surface area contributed by atoms with Crippen LogP contribution in [-0.2, 0) is 24.9 Å². The Balaban J connectivity index is 1.38.